The van der Waals surface area contributed by atoms with E-state index >= 15 is 0 Å². The number of rotatable bonds is 3. The maximum absolute atomic E-state index is 13.7. The second kappa shape index (κ2) is 6.07. The standard InChI is InChI=1S/C18H16BrFN2O3/c1-25-8-22-7-13-17(18(22)24)15(9-2-3-11(20)10(19)6-9)16-12(21-13)4-5-14(16)23/h2-3,6,15,21H,4-5,7-8H2,1H3. The molecule has 1 aromatic rings. The number of carbonyl (C=O) groups is 2. The van der Waals surface area contributed by atoms with Gasteiger partial charge in [0.15, 0.2) is 5.78 Å². The average Bonchev–Trinajstić information content (AvgIpc) is 3.10. The molecule has 0 radical (unpaired) electrons. The fourth-order valence-corrected chi connectivity index (χ4v) is 4.20. The molecule has 1 amide bonds. The molecule has 7 heteroatoms. The van der Waals surface area contributed by atoms with Crippen LogP contribution in [-0.4, -0.2) is 37.0 Å². The Morgan fingerprint density at radius 3 is 2.80 bits per heavy atom. The molecule has 0 aromatic heterocycles. The van der Waals surface area contributed by atoms with Gasteiger partial charge in [-0.25, -0.2) is 4.39 Å². The SMILES string of the molecule is COCN1CC2=C(C1=O)C(c1ccc(F)c(Br)c1)C1=C(CCC1=O)N2. The zero-order chi connectivity index (χ0) is 17.7. The topological polar surface area (TPSA) is 58.6 Å². The van der Waals surface area contributed by atoms with E-state index in [-0.39, 0.29) is 24.2 Å². The third kappa shape index (κ3) is 2.53. The number of ether oxygens (including phenoxy) is 1. The van der Waals surface area contributed by atoms with E-state index in [2.05, 4.69) is 21.2 Å². The number of Topliss-reactive ketones (excluding diaryl/α,β-unsaturated/α-hetero) is 1. The van der Waals surface area contributed by atoms with Crippen LogP contribution >= 0.6 is 15.9 Å². The minimum atomic E-state index is -0.465. The Hall–Kier alpha value is -1.99. The summed E-state index contributed by atoms with van der Waals surface area (Å²) >= 11 is 3.20. The maximum Gasteiger partial charge on any atom is 0.254 e. The van der Waals surface area contributed by atoms with Crippen LogP contribution in [-0.2, 0) is 14.3 Å². The number of ketones is 1. The third-order valence-corrected chi connectivity index (χ3v) is 5.47. The summed E-state index contributed by atoms with van der Waals surface area (Å²) in [5.74, 6) is -0.955. The van der Waals surface area contributed by atoms with Gasteiger partial charge in [0.1, 0.15) is 12.5 Å². The zero-order valence-corrected chi connectivity index (χ0v) is 15.2. The number of nitrogens with one attached hydrogen (secondary N) is 1. The highest BCUT2D eigenvalue weighted by atomic mass is 79.9. The number of hydrogen-bond donors (Lipinski definition) is 1. The van der Waals surface area contributed by atoms with Crippen molar-refractivity contribution < 1.29 is 18.7 Å². The van der Waals surface area contributed by atoms with Crippen LogP contribution in [0.1, 0.15) is 24.3 Å². The third-order valence-electron chi connectivity index (χ3n) is 4.86. The van der Waals surface area contributed by atoms with Gasteiger partial charge in [0, 0.05) is 36.4 Å². The van der Waals surface area contributed by atoms with Gasteiger partial charge in [-0.05, 0) is 40.0 Å². The lowest BCUT2D eigenvalue weighted by molar-refractivity contribution is -0.129. The lowest BCUT2D eigenvalue weighted by Gasteiger charge is -2.26. The molecule has 0 bridgehead atoms. The first-order chi connectivity index (χ1) is 12.0. The number of allylic oxidation sites excluding steroid dienone is 2. The van der Waals surface area contributed by atoms with Crippen molar-refractivity contribution in [2.75, 3.05) is 20.4 Å². The summed E-state index contributed by atoms with van der Waals surface area (Å²) in [5.41, 5.74) is 3.61. The van der Waals surface area contributed by atoms with Gasteiger partial charge in [-0.1, -0.05) is 6.07 Å². The Morgan fingerprint density at radius 1 is 1.28 bits per heavy atom. The van der Waals surface area contributed by atoms with Gasteiger partial charge in [0.2, 0.25) is 0 Å². The van der Waals surface area contributed by atoms with Gasteiger partial charge in [0.05, 0.1) is 16.6 Å². The van der Waals surface area contributed by atoms with Crippen molar-refractivity contribution in [2.45, 2.75) is 18.8 Å². The molecule has 1 N–H and O–H groups in total. The van der Waals surface area contributed by atoms with Gasteiger partial charge in [-0.2, -0.15) is 0 Å². The summed E-state index contributed by atoms with van der Waals surface area (Å²) in [6, 6.07) is 4.65. The molecule has 0 fully saturated rings. The summed E-state index contributed by atoms with van der Waals surface area (Å²) < 4.78 is 19.1. The highest BCUT2D eigenvalue weighted by Crippen LogP contribution is 2.45. The molecule has 130 valence electrons. The number of dihydropyridines is 1. The van der Waals surface area contributed by atoms with Gasteiger partial charge in [-0.15, -0.1) is 0 Å². The number of hydrogen-bond acceptors (Lipinski definition) is 4. The highest BCUT2D eigenvalue weighted by molar-refractivity contribution is 9.10. The molecule has 5 nitrogen and oxygen atoms in total. The Morgan fingerprint density at radius 2 is 2.08 bits per heavy atom. The van der Waals surface area contributed by atoms with Crippen molar-refractivity contribution in [3.63, 3.8) is 0 Å². The summed E-state index contributed by atoms with van der Waals surface area (Å²) in [6.45, 7) is 0.609. The molecule has 1 aliphatic carbocycles. The molecule has 0 spiro atoms. The van der Waals surface area contributed by atoms with E-state index in [9.17, 15) is 14.0 Å². The number of amides is 1. The van der Waals surface area contributed by atoms with E-state index in [1.807, 2.05) is 0 Å². The summed E-state index contributed by atoms with van der Waals surface area (Å²) in [6.07, 6.45) is 1.08. The highest BCUT2D eigenvalue weighted by Gasteiger charge is 2.45. The molecule has 2 aliphatic heterocycles. The molecule has 0 saturated heterocycles. The second-order valence-electron chi connectivity index (χ2n) is 6.36. The van der Waals surface area contributed by atoms with Crippen molar-refractivity contribution in [3.8, 4) is 0 Å². The lowest BCUT2D eigenvalue weighted by atomic mass is 9.81. The van der Waals surface area contributed by atoms with E-state index in [0.717, 1.165) is 17.0 Å². The van der Waals surface area contributed by atoms with Crippen LogP contribution in [0.25, 0.3) is 0 Å². The normalized spacial score (nSPS) is 22.5. The van der Waals surface area contributed by atoms with Gasteiger partial charge in [-0.3, -0.25) is 9.59 Å². The fourth-order valence-electron chi connectivity index (χ4n) is 3.80. The molecule has 25 heavy (non-hydrogen) atoms. The number of methoxy groups -OCH3 is 1. The minimum Gasteiger partial charge on any atom is -0.364 e. The van der Waals surface area contributed by atoms with Crippen LogP contribution in [0.3, 0.4) is 0 Å². The summed E-state index contributed by atoms with van der Waals surface area (Å²) in [5, 5.41) is 3.29. The molecule has 1 atom stereocenters. The molecule has 0 saturated carbocycles. The van der Waals surface area contributed by atoms with Crippen LogP contribution in [0.5, 0.6) is 0 Å². The van der Waals surface area contributed by atoms with Crippen LogP contribution < -0.4 is 5.32 Å². The zero-order valence-electron chi connectivity index (χ0n) is 13.6. The monoisotopic (exact) mass is 406 g/mol. The van der Waals surface area contributed by atoms with Crippen molar-refractivity contribution in [1.82, 2.24) is 10.2 Å². The van der Waals surface area contributed by atoms with E-state index in [0.29, 0.717) is 35.0 Å². The van der Waals surface area contributed by atoms with Crippen molar-refractivity contribution in [1.29, 1.82) is 0 Å². The molecule has 3 aliphatic rings. The Balaban J connectivity index is 1.83. The predicted molar refractivity (Wildman–Crippen MR) is 91.9 cm³/mol. The number of nitrogens with zero attached hydrogens (tertiary/aromatic N) is 1. The second-order valence-corrected chi connectivity index (χ2v) is 7.21. The largest absolute Gasteiger partial charge is 0.364 e. The summed E-state index contributed by atoms with van der Waals surface area (Å²) in [4.78, 5) is 27.0. The molecule has 4 rings (SSSR count). The van der Waals surface area contributed by atoms with Crippen LogP contribution in [0.2, 0.25) is 0 Å². The van der Waals surface area contributed by atoms with Gasteiger partial charge < -0.3 is 15.0 Å². The molecular formula is C18H16BrFN2O3. The van der Waals surface area contributed by atoms with Gasteiger partial charge in [0.25, 0.3) is 5.91 Å². The van der Waals surface area contributed by atoms with Crippen molar-refractivity contribution >= 4 is 27.6 Å². The quantitative estimate of drug-likeness (QED) is 0.837. The Kier molecular flexibility index (Phi) is 4.00. The maximum atomic E-state index is 13.7. The first-order valence-electron chi connectivity index (χ1n) is 8.00. The molecule has 1 unspecified atom stereocenters. The van der Waals surface area contributed by atoms with E-state index < -0.39 is 5.92 Å². The predicted octanol–water partition coefficient (Wildman–Crippen LogP) is 2.59. The number of benzene rings is 1. The van der Waals surface area contributed by atoms with E-state index in [1.54, 1.807) is 17.0 Å². The van der Waals surface area contributed by atoms with Gasteiger partial charge >= 0.3 is 0 Å². The van der Waals surface area contributed by atoms with Crippen molar-refractivity contribution in [2.24, 2.45) is 0 Å². The first-order valence-corrected chi connectivity index (χ1v) is 8.80. The number of halogens is 2. The van der Waals surface area contributed by atoms with E-state index in [4.69, 9.17) is 4.74 Å². The summed E-state index contributed by atoms with van der Waals surface area (Å²) in [7, 11) is 1.54. The molecule has 2 heterocycles. The average molecular weight is 407 g/mol. The van der Waals surface area contributed by atoms with Crippen molar-refractivity contribution in [3.05, 3.63) is 56.6 Å². The van der Waals surface area contributed by atoms with Crippen LogP contribution in [0, 0.1) is 5.82 Å². The Bertz CT molecular complexity index is 862. The fraction of sp³-hybridized carbons (Fsp3) is 0.333. The molecule has 1 aromatic carbocycles. The van der Waals surface area contributed by atoms with E-state index in [1.165, 1.54) is 13.2 Å². The van der Waals surface area contributed by atoms with Crippen LogP contribution in [0.4, 0.5) is 4.39 Å². The lowest BCUT2D eigenvalue weighted by Crippen LogP contribution is -2.30. The number of carbonyl (C=O) groups excluding carboxylic acids is 2. The first kappa shape index (κ1) is 16.5. The minimum absolute atomic E-state index is 0.0393. The Labute approximate surface area is 152 Å². The smallest absolute Gasteiger partial charge is 0.254 e. The van der Waals surface area contributed by atoms with Crippen LogP contribution in [0.15, 0.2) is 45.2 Å². The molecular weight excluding hydrogens is 391 g/mol.